The van der Waals surface area contributed by atoms with Crippen LogP contribution in [0.2, 0.25) is 0 Å². The number of amides is 2. The topological polar surface area (TPSA) is 95.9 Å². The first-order valence-electron chi connectivity index (χ1n) is 12.7. The second-order valence-corrected chi connectivity index (χ2v) is 9.91. The number of nitrogens with one attached hydrogen (secondary N) is 1. The van der Waals surface area contributed by atoms with Crippen molar-refractivity contribution in [3.63, 3.8) is 0 Å². The quantitative estimate of drug-likeness (QED) is 0.667. The van der Waals surface area contributed by atoms with Gasteiger partial charge in [0.1, 0.15) is 6.61 Å². The van der Waals surface area contributed by atoms with Crippen LogP contribution in [0.5, 0.6) is 0 Å². The number of benzene rings is 2. The number of carbonyl (C=O) groups is 3. The van der Waals surface area contributed by atoms with E-state index in [-0.39, 0.29) is 36.3 Å². The van der Waals surface area contributed by atoms with Gasteiger partial charge in [-0.25, -0.2) is 4.79 Å². The van der Waals surface area contributed by atoms with E-state index in [1.54, 1.807) is 4.90 Å². The molecular weight excluding hydrogens is 444 g/mol. The Bertz CT molecular complexity index is 1060. The highest BCUT2D eigenvalue weighted by Gasteiger charge is 2.37. The number of carboxylic acids is 1. The Balaban J connectivity index is 1.20. The van der Waals surface area contributed by atoms with Crippen LogP contribution in [-0.2, 0) is 14.3 Å². The largest absolute Gasteiger partial charge is 0.481 e. The monoisotopic (exact) mass is 476 g/mol. The van der Waals surface area contributed by atoms with E-state index < -0.39 is 12.1 Å². The lowest BCUT2D eigenvalue weighted by molar-refractivity contribution is -0.147. The van der Waals surface area contributed by atoms with E-state index in [4.69, 9.17) is 4.74 Å². The van der Waals surface area contributed by atoms with E-state index in [9.17, 15) is 19.5 Å². The Labute approximate surface area is 205 Å². The van der Waals surface area contributed by atoms with Gasteiger partial charge in [-0.1, -0.05) is 61.4 Å². The molecule has 2 amide bonds. The second-order valence-electron chi connectivity index (χ2n) is 9.91. The normalized spacial score (nSPS) is 22.2. The van der Waals surface area contributed by atoms with Crippen molar-refractivity contribution in [3.05, 3.63) is 59.7 Å². The fourth-order valence-electron chi connectivity index (χ4n) is 5.97. The number of hydrogen-bond donors (Lipinski definition) is 2. The summed E-state index contributed by atoms with van der Waals surface area (Å²) in [4.78, 5) is 39.1. The maximum atomic E-state index is 13.2. The summed E-state index contributed by atoms with van der Waals surface area (Å²) in [6, 6.07) is 16.2. The lowest BCUT2D eigenvalue weighted by Gasteiger charge is -2.37. The first-order chi connectivity index (χ1) is 17.0. The van der Waals surface area contributed by atoms with Gasteiger partial charge < -0.3 is 20.1 Å². The fraction of sp³-hybridized carbons (Fsp3) is 0.464. The van der Waals surface area contributed by atoms with E-state index in [0.717, 1.165) is 36.8 Å². The number of rotatable bonds is 5. The standard InChI is InChI=1S/C28H32N2O5/c31-26(30-15-13-18(14-16-30)27(32)33)23-11-5-6-12-25(23)29-28(34)35-17-24-21-9-3-1-7-19(21)20-8-2-4-10-22(20)24/h1-4,7-10,18,23-25H,5-6,11-17H2,(H,29,34)(H,32,33)/t23-,25+/m0/s1. The lowest BCUT2D eigenvalue weighted by atomic mass is 9.83. The third kappa shape index (κ3) is 4.77. The molecule has 1 saturated carbocycles. The minimum absolute atomic E-state index is 0.00698. The van der Waals surface area contributed by atoms with Crippen LogP contribution in [-0.4, -0.2) is 53.7 Å². The van der Waals surface area contributed by atoms with Gasteiger partial charge in [-0.3, -0.25) is 9.59 Å². The maximum Gasteiger partial charge on any atom is 0.407 e. The first-order valence-corrected chi connectivity index (χ1v) is 12.7. The summed E-state index contributed by atoms with van der Waals surface area (Å²) in [5.41, 5.74) is 4.69. The molecule has 0 spiro atoms. The van der Waals surface area contributed by atoms with Crippen molar-refractivity contribution in [1.82, 2.24) is 10.2 Å². The number of fused-ring (bicyclic) bond motifs is 3. The summed E-state index contributed by atoms with van der Waals surface area (Å²) in [6.45, 7) is 1.17. The number of hydrogen-bond acceptors (Lipinski definition) is 4. The highest BCUT2D eigenvalue weighted by molar-refractivity contribution is 5.81. The summed E-state index contributed by atoms with van der Waals surface area (Å²) in [5.74, 6) is -1.43. The van der Waals surface area contributed by atoms with Crippen LogP contribution >= 0.6 is 0 Å². The van der Waals surface area contributed by atoms with Crippen molar-refractivity contribution in [2.75, 3.05) is 19.7 Å². The first kappa shape index (κ1) is 23.4. The molecule has 5 rings (SSSR count). The summed E-state index contributed by atoms with van der Waals surface area (Å²) in [7, 11) is 0. The van der Waals surface area contributed by atoms with E-state index in [2.05, 4.69) is 29.6 Å². The Morgan fingerprint density at radius 1 is 0.886 bits per heavy atom. The van der Waals surface area contributed by atoms with Gasteiger partial charge >= 0.3 is 12.1 Å². The highest BCUT2D eigenvalue weighted by atomic mass is 16.5. The third-order valence-corrected chi connectivity index (χ3v) is 7.89. The molecule has 0 aromatic heterocycles. The van der Waals surface area contributed by atoms with E-state index in [0.29, 0.717) is 25.9 Å². The Morgan fingerprint density at radius 3 is 2.11 bits per heavy atom. The third-order valence-electron chi connectivity index (χ3n) is 7.89. The van der Waals surface area contributed by atoms with Gasteiger partial charge in [0.2, 0.25) is 5.91 Å². The van der Waals surface area contributed by atoms with Crippen LogP contribution in [0.4, 0.5) is 4.79 Å². The zero-order chi connectivity index (χ0) is 24.4. The molecule has 35 heavy (non-hydrogen) atoms. The summed E-state index contributed by atoms with van der Waals surface area (Å²) in [5, 5.41) is 12.2. The molecule has 7 heteroatoms. The van der Waals surface area contributed by atoms with Crippen LogP contribution in [0.25, 0.3) is 11.1 Å². The highest BCUT2D eigenvalue weighted by Crippen LogP contribution is 2.44. The number of carboxylic acid groups (broad SMARTS) is 1. The average Bonchev–Trinajstić information content (AvgIpc) is 3.21. The van der Waals surface area contributed by atoms with E-state index >= 15 is 0 Å². The second kappa shape index (κ2) is 10.1. The van der Waals surface area contributed by atoms with Gasteiger partial charge in [0.15, 0.2) is 0 Å². The minimum atomic E-state index is -0.787. The number of alkyl carbamates (subject to hydrolysis) is 1. The molecule has 2 fully saturated rings. The predicted octanol–water partition coefficient (Wildman–Crippen LogP) is 4.41. The van der Waals surface area contributed by atoms with Gasteiger partial charge in [-0.15, -0.1) is 0 Å². The summed E-state index contributed by atoms with van der Waals surface area (Å²) < 4.78 is 5.72. The van der Waals surface area contributed by atoms with Crippen LogP contribution in [0.15, 0.2) is 48.5 Å². The molecule has 2 atom stereocenters. The molecule has 2 aromatic rings. The Morgan fingerprint density at radius 2 is 1.49 bits per heavy atom. The molecule has 2 aromatic carbocycles. The fourth-order valence-corrected chi connectivity index (χ4v) is 5.97. The molecule has 2 aliphatic carbocycles. The molecule has 3 aliphatic rings. The van der Waals surface area contributed by atoms with Crippen molar-refractivity contribution in [2.45, 2.75) is 50.5 Å². The molecule has 1 heterocycles. The predicted molar refractivity (Wildman–Crippen MR) is 131 cm³/mol. The van der Waals surface area contributed by atoms with Gasteiger partial charge in [0.25, 0.3) is 0 Å². The number of carbonyl (C=O) groups excluding carboxylic acids is 2. The van der Waals surface area contributed by atoms with Crippen molar-refractivity contribution in [2.24, 2.45) is 11.8 Å². The van der Waals surface area contributed by atoms with Crippen LogP contribution < -0.4 is 5.32 Å². The van der Waals surface area contributed by atoms with E-state index in [1.807, 2.05) is 24.3 Å². The summed E-state index contributed by atoms with van der Waals surface area (Å²) in [6.07, 6.45) is 3.86. The number of nitrogens with zero attached hydrogens (tertiary/aromatic N) is 1. The minimum Gasteiger partial charge on any atom is -0.481 e. The molecular formula is C28H32N2O5. The molecule has 7 nitrogen and oxygen atoms in total. The Kier molecular flexibility index (Phi) is 6.75. The van der Waals surface area contributed by atoms with Crippen LogP contribution in [0.3, 0.4) is 0 Å². The zero-order valence-electron chi connectivity index (χ0n) is 19.8. The molecule has 1 aliphatic heterocycles. The molecule has 1 saturated heterocycles. The van der Waals surface area contributed by atoms with Gasteiger partial charge in [-0.05, 0) is 47.9 Å². The lowest BCUT2D eigenvalue weighted by Crippen LogP contribution is -2.51. The van der Waals surface area contributed by atoms with Crippen molar-refractivity contribution in [3.8, 4) is 11.1 Å². The maximum absolute atomic E-state index is 13.2. The molecule has 0 radical (unpaired) electrons. The number of aliphatic carboxylic acids is 1. The average molecular weight is 477 g/mol. The van der Waals surface area contributed by atoms with Crippen molar-refractivity contribution < 1.29 is 24.2 Å². The smallest absolute Gasteiger partial charge is 0.407 e. The van der Waals surface area contributed by atoms with Crippen LogP contribution in [0.1, 0.15) is 55.6 Å². The van der Waals surface area contributed by atoms with E-state index in [1.165, 1.54) is 11.1 Å². The molecule has 184 valence electrons. The van der Waals surface area contributed by atoms with Crippen LogP contribution in [0, 0.1) is 11.8 Å². The number of piperidine rings is 1. The van der Waals surface area contributed by atoms with Crippen molar-refractivity contribution >= 4 is 18.0 Å². The number of ether oxygens (including phenoxy) is 1. The Hall–Kier alpha value is -3.35. The van der Waals surface area contributed by atoms with Gasteiger partial charge in [0, 0.05) is 25.0 Å². The van der Waals surface area contributed by atoms with Gasteiger partial charge in [0.05, 0.1) is 11.8 Å². The SMILES string of the molecule is O=C(N[C@@H]1CCCC[C@@H]1C(=O)N1CCC(C(=O)O)CC1)OCC1c2ccccc2-c2ccccc21. The van der Waals surface area contributed by atoms with Gasteiger partial charge in [-0.2, -0.15) is 0 Å². The number of likely N-dealkylation sites (tertiary alicyclic amines) is 1. The molecule has 2 N–H and O–H groups in total. The summed E-state index contributed by atoms with van der Waals surface area (Å²) >= 11 is 0. The molecule has 0 unspecified atom stereocenters. The zero-order valence-corrected chi connectivity index (χ0v) is 19.8. The van der Waals surface area contributed by atoms with Crippen molar-refractivity contribution in [1.29, 1.82) is 0 Å². The molecule has 0 bridgehead atoms.